The number of rotatable bonds is 4. The first kappa shape index (κ1) is 16.3. The van der Waals surface area contributed by atoms with Gasteiger partial charge in [0.25, 0.3) is 0 Å². The summed E-state index contributed by atoms with van der Waals surface area (Å²) >= 11 is 2.03. The Hall–Kier alpha value is -1.17. The van der Waals surface area contributed by atoms with Crippen LogP contribution < -0.4 is 0 Å². The van der Waals surface area contributed by atoms with Gasteiger partial charge < -0.3 is 5.11 Å². The van der Waals surface area contributed by atoms with Crippen molar-refractivity contribution in [2.45, 2.75) is 70.7 Å². The summed E-state index contributed by atoms with van der Waals surface area (Å²) in [5.74, 6) is 0.815. The van der Waals surface area contributed by atoms with Gasteiger partial charge in [0.2, 0.25) is 0 Å². The molecule has 0 radical (unpaired) electrons. The lowest BCUT2D eigenvalue weighted by Gasteiger charge is -2.20. The molecule has 1 aliphatic heterocycles. The van der Waals surface area contributed by atoms with Crippen molar-refractivity contribution in [2.24, 2.45) is 0 Å². The Labute approximate surface area is 148 Å². The van der Waals surface area contributed by atoms with Crippen molar-refractivity contribution in [3.63, 3.8) is 0 Å². The van der Waals surface area contributed by atoms with E-state index in [9.17, 15) is 5.11 Å². The highest BCUT2D eigenvalue weighted by Gasteiger charge is 2.20. The van der Waals surface area contributed by atoms with Crippen LogP contribution in [0.25, 0.3) is 0 Å². The van der Waals surface area contributed by atoms with Crippen molar-refractivity contribution < 1.29 is 5.11 Å². The van der Waals surface area contributed by atoms with Crippen molar-refractivity contribution in [3.8, 4) is 0 Å². The average molecular weight is 346 g/mol. The number of fused-ring (bicyclic) bond motifs is 1. The largest absolute Gasteiger partial charge is 0.390 e. The number of nitrogens with zero attached hydrogens (tertiary/aromatic N) is 3. The van der Waals surface area contributed by atoms with Crippen LogP contribution in [0.4, 0.5) is 0 Å². The molecule has 0 unspecified atom stereocenters. The predicted octanol–water partition coefficient (Wildman–Crippen LogP) is 3.89. The molecule has 4 nitrogen and oxygen atoms in total. The Morgan fingerprint density at radius 2 is 2.00 bits per heavy atom. The number of hydrogen-bond acceptors (Lipinski definition) is 4. The molecule has 1 saturated carbocycles. The van der Waals surface area contributed by atoms with Crippen LogP contribution in [0.2, 0.25) is 0 Å². The maximum Gasteiger partial charge on any atom is 0.0882 e. The predicted molar refractivity (Wildman–Crippen MR) is 97.0 cm³/mol. The molecule has 0 bridgehead atoms. The maximum absolute atomic E-state index is 9.30. The highest BCUT2D eigenvalue weighted by Crippen LogP contribution is 2.36. The Morgan fingerprint density at radius 3 is 2.83 bits per heavy atom. The summed E-state index contributed by atoms with van der Waals surface area (Å²) in [5.41, 5.74) is 2.03. The molecule has 2 aromatic heterocycles. The maximum atomic E-state index is 9.30. The molecule has 1 aliphatic carbocycles. The van der Waals surface area contributed by atoms with E-state index in [-0.39, 0.29) is 6.61 Å². The molecular weight excluding hydrogens is 318 g/mol. The number of thiophene rings is 1. The van der Waals surface area contributed by atoms with Crippen LogP contribution in [0, 0.1) is 0 Å². The summed E-state index contributed by atoms with van der Waals surface area (Å²) in [4.78, 5) is 5.62. The van der Waals surface area contributed by atoms with Crippen molar-refractivity contribution in [1.29, 1.82) is 0 Å². The third-order valence-corrected chi connectivity index (χ3v) is 6.61. The summed E-state index contributed by atoms with van der Waals surface area (Å²) < 4.78 is 2.08. The molecule has 5 heteroatoms. The van der Waals surface area contributed by atoms with Crippen molar-refractivity contribution in [2.75, 3.05) is 6.54 Å². The molecule has 0 atom stereocenters. The topological polar surface area (TPSA) is 41.3 Å². The van der Waals surface area contributed by atoms with Gasteiger partial charge in [-0.2, -0.15) is 5.10 Å². The van der Waals surface area contributed by atoms with Crippen LogP contribution in [0.3, 0.4) is 0 Å². The molecule has 1 N–H and O–H groups in total. The summed E-state index contributed by atoms with van der Waals surface area (Å²) in [7, 11) is 0. The van der Waals surface area contributed by atoms with Gasteiger partial charge in [0.1, 0.15) is 0 Å². The second-order valence-electron chi connectivity index (χ2n) is 7.21. The lowest BCUT2D eigenvalue weighted by Crippen LogP contribution is -2.22. The van der Waals surface area contributed by atoms with E-state index in [4.69, 9.17) is 0 Å². The zero-order chi connectivity index (χ0) is 16.4. The summed E-state index contributed by atoms with van der Waals surface area (Å²) in [5, 5.41) is 13.8. The Morgan fingerprint density at radius 1 is 1.12 bits per heavy atom. The molecule has 0 amide bonds. The molecule has 0 saturated heterocycles. The van der Waals surface area contributed by atoms with Crippen LogP contribution in [0.1, 0.15) is 65.6 Å². The fraction of sp³-hybridized carbons (Fsp3) is 0.632. The van der Waals surface area contributed by atoms with Crippen LogP contribution in [0.15, 0.2) is 18.2 Å². The first-order valence-electron chi connectivity index (χ1n) is 9.29. The molecule has 3 heterocycles. The minimum absolute atomic E-state index is 0.0374. The van der Waals surface area contributed by atoms with Crippen LogP contribution in [0.5, 0.6) is 0 Å². The lowest BCUT2D eigenvalue weighted by atomic mass is 9.88. The average Bonchev–Trinajstić information content (AvgIpc) is 3.19. The molecule has 24 heavy (non-hydrogen) atoms. The molecule has 1 fully saturated rings. The Kier molecular flexibility index (Phi) is 5.01. The first-order chi connectivity index (χ1) is 11.8. The minimum atomic E-state index is 0.0374. The molecule has 130 valence electrons. The lowest BCUT2D eigenvalue weighted by molar-refractivity contribution is 0.262. The smallest absolute Gasteiger partial charge is 0.0882 e. The summed E-state index contributed by atoms with van der Waals surface area (Å²) in [6, 6.07) is 6.78. The van der Waals surface area contributed by atoms with Gasteiger partial charge in [-0.25, -0.2) is 0 Å². The third kappa shape index (κ3) is 3.58. The highest BCUT2D eigenvalue weighted by atomic mass is 32.1. The van der Waals surface area contributed by atoms with Crippen molar-refractivity contribution in [1.82, 2.24) is 14.7 Å². The molecule has 0 aromatic carbocycles. The zero-order valence-corrected chi connectivity index (χ0v) is 15.1. The Bertz CT molecular complexity index is 672. The minimum Gasteiger partial charge on any atom is -0.390 e. The Balaban J connectivity index is 1.42. The van der Waals surface area contributed by atoms with E-state index >= 15 is 0 Å². The third-order valence-electron chi connectivity index (χ3n) is 5.38. The van der Waals surface area contributed by atoms with Crippen molar-refractivity contribution in [3.05, 3.63) is 39.3 Å². The van der Waals surface area contributed by atoms with E-state index in [1.807, 2.05) is 11.3 Å². The fourth-order valence-corrected chi connectivity index (χ4v) is 5.33. The van der Waals surface area contributed by atoms with Gasteiger partial charge in [0.05, 0.1) is 18.0 Å². The first-order valence-corrected chi connectivity index (χ1v) is 10.1. The molecule has 2 aliphatic rings. The molecule has 2 aromatic rings. The molecule has 0 spiro atoms. The van der Waals surface area contributed by atoms with E-state index in [0.29, 0.717) is 0 Å². The van der Waals surface area contributed by atoms with Gasteiger partial charge in [-0.1, -0.05) is 19.3 Å². The zero-order valence-electron chi connectivity index (χ0n) is 14.3. The van der Waals surface area contributed by atoms with Gasteiger partial charge >= 0.3 is 0 Å². The van der Waals surface area contributed by atoms with Gasteiger partial charge in [0.15, 0.2) is 0 Å². The fourth-order valence-electron chi connectivity index (χ4n) is 4.11. The number of aliphatic hydroxyl groups is 1. The molecular formula is C19H27N3OS. The standard InChI is InChI=1S/C19H27N3OS/c23-14-16-11-17-12-21(9-4-10-22(17)20-16)13-18-7-8-19(24-18)15-5-2-1-3-6-15/h7-8,11,15,23H,1-6,9-10,12-14H2. The summed E-state index contributed by atoms with van der Waals surface area (Å²) in [6.45, 7) is 4.09. The molecule has 4 rings (SSSR count). The second kappa shape index (κ2) is 7.38. The van der Waals surface area contributed by atoms with E-state index in [1.54, 1.807) is 4.88 Å². The van der Waals surface area contributed by atoms with Gasteiger partial charge in [0, 0.05) is 35.9 Å². The SMILES string of the molecule is OCc1cc2n(n1)CCCN(Cc1ccc(C3CCCCC3)s1)C2. The van der Waals surface area contributed by atoms with Crippen LogP contribution >= 0.6 is 11.3 Å². The highest BCUT2D eigenvalue weighted by molar-refractivity contribution is 7.12. The number of aryl methyl sites for hydroxylation is 1. The van der Waals surface area contributed by atoms with Crippen LogP contribution in [-0.4, -0.2) is 26.3 Å². The van der Waals surface area contributed by atoms with Crippen molar-refractivity contribution >= 4 is 11.3 Å². The van der Waals surface area contributed by atoms with E-state index in [1.165, 1.54) is 42.7 Å². The van der Waals surface area contributed by atoms with E-state index in [0.717, 1.165) is 44.2 Å². The summed E-state index contributed by atoms with van der Waals surface area (Å²) in [6.07, 6.45) is 8.12. The quantitative estimate of drug-likeness (QED) is 0.914. The monoisotopic (exact) mass is 345 g/mol. The van der Waals surface area contributed by atoms with Gasteiger partial charge in [-0.05, 0) is 43.4 Å². The second-order valence-corrected chi connectivity index (χ2v) is 8.41. The number of aromatic nitrogens is 2. The van der Waals surface area contributed by atoms with Gasteiger partial charge in [-0.15, -0.1) is 11.3 Å². The number of hydrogen-bond donors (Lipinski definition) is 1. The normalized spacial score (nSPS) is 20.0. The van der Waals surface area contributed by atoms with E-state index < -0.39 is 0 Å². The van der Waals surface area contributed by atoms with Crippen LogP contribution in [-0.2, 0) is 26.2 Å². The van der Waals surface area contributed by atoms with E-state index in [2.05, 4.69) is 32.9 Å². The van der Waals surface area contributed by atoms with Gasteiger partial charge in [-0.3, -0.25) is 9.58 Å². The number of aliphatic hydroxyl groups excluding tert-OH is 1.